The highest BCUT2D eigenvalue weighted by molar-refractivity contribution is 4.62. The Morgan fingerprint density at radius 1 is 1.71 bits per heavy atom. The van der Waals surface area contributed by atoms with Crippen molar-refractivity contribution in [3.05, 3.63) is 0 Å². The molecule has 0 rings (SSSR count). The Balaban J connectivity index is 3.14. The Hall–Kier alpha value is -0.0800. The number of aliphatic hydroxyl groups is 1. The first-order chi connectivity index (χ1) is 3.18. The first-order valence-electron chi connectivity index (χ1n) is 2.62. The van der Waals surface area contributed by atoms with Crippen molar-refractivity contribution in [1.29, 1.82) is 0 Å². The summed E-state index contributed by atoms with van der Waals surface area (Å²) in [5.74, 6) is 0. The Kier molecular flexibility index (Phi) is 2.96. The van der Waals surface area contributed by atoms with Gasteiger partial charge in [-0.2, -0.15) is 0 Å². The predicted molar refractivity (Wildman–Crippen MR) is 29.9 cm³/mol. The summed E-state index contributed by atoms with van der Waals surface area (Å²) in [6.45, 7) is 3.71. The van der Waals surface area contributed by atoms with Crippen LogP contribution < -0.4 is 5.73 Å². The van der Waals surface area contributed by atoms with Crippen molar-refractivity contribution >= 4 is 0 Å². The third kappa shape index (κ3) is 2.60. The Bertz CT molecular complexity index is 45.3. The minimum Gasteiger partial charge on any atom is -0.392 e. The van der Waals surface area contributed by atoms with Crippen LogP contribution in [0.2, 0.25) is 0 Å². The number of rotatable bonds is 2. The number of hydrogen-bond donors (Lipinski definition) is 2. The molecule has 0 fully saturated rings. The SMILES string of the molecule is CCC(O)C(C)N. The van der Waals surface area contributed by atoms with Gasteiger partial charge in [0.1, 0.15) is 0 Å². The largest absolute Gasteiger partial charge is 0.392 e. The van der Waals surface area contributed by atoms with E-state index in [4.69, 9.17) is 10.8 Å². The highest BCUT2D eigenvalue weighted by atomic mass is 16.3. The van der Waals surface area contributed by atoms with Crippen LogP contribution in [0.15, 0.2) is 0 Å². The van der Waals surface area contributed by atoms with E-state index in [1.165, 1.54) is 0 Å². The molecule has 2 nitrogen and oxygen atoms in total. The molecular weight excluding hydrogens is 90.1 g/mol. The Morgan fingerprint density at radius 3 is 2.14 bits per heavy atom. The summed E-state index contributed by atoms with van der Waals surface area (Å²) in [7, 11) is 0. The van der Waals surface area contributed by atoms with Crippen LogP contribution >= 0.6 is 0 Å². The molecule has 0 saturated heterocycles. The first-order valence-corrected chi connectivity index (χ1v) is 2.62. The Labute approximate surface area is 44.3 Å². The van der Waals surface area contributed by atoms with Gasteiger partial charge >= 0.3 is 0 Å². The number of aliphatic hydroxyl groups excluding tert-OH is 1. The zero-order valence-electron chi connectivity index (χ0n) is 4.89. The van der Waals surface area contributed by atoms with Crippen LogP contribution in [0.1, 0.15) is 20.3 Å². The highest BCUT2D eigenvalue weighted by Crippen LogP contribution is 1.91. The van der Waals surface area contributed by atoms with E-state index in [1.54, 1.807) is 6.92 Å². The van der Waals surface area contributed by atoms with Gasteiger partial charge in [0.05, 0.1) is 6.10 Å². The van der Waals surface area contributed by atoms with E-state index in [1.807, 2.05) is 6.92 Å². The fraction of sp³-hybridized carbons (Fsp3) is 1.00. The van der Waals surface area contributed by atoms with Gasteiger partial charge in [0.15, 0.2) is 0 Å². The fourth-order valence-electron chi connectivity index (χ4n) is 0.372. The average molecular weight is 103 g/mol. The molecule has 0 saturated carbocycles. The van der Waals surface area contributed by atoms with Crippen LogP contribution in [-0.2, 0) is 0 Å². The van der Waals surface area contributed by atoms with Crippen molar-refractivity contribution in [3.63, 3.8) is 0 Å². The maximum absolute atomic E-state index is 8.81. The van der Waals surface area contributed by atoms with E-state index >= 15 is 0 Å². The second-order valence-corrected chi connectivity index (χ2v) is 1.83. The molecule has 0 aromatic rings. The second kappa shape index (κ2) is 2.99. The summed E-state index contributed by atoms with van der Waals surface area (Å²) in [6, 6.07) is -0.0787. The molecule has 7 heavy (non-hydrogen) atoms. The minimum atomic E-state index is -0.319. The molecule has 44 valence electrons. The molecule has 2 heteroatoms. The van der Waals surface area contributed by atoms with Gasteiger partial charge < -0.3 is 10.8 Å². The van der Waals surface area contributed by atoms with Gasteiger partial charge in [-0.1, -0.05) is 6.92 Å². The molecule has 0 aromatic heterocycles. The lowest BCUT2D eigenvalue weighted by atomic mass is 10.1. The van der Waals surface area contributed by atoms with E-state index in [2.05, 4.69) is 0 Å². The van der Waals surface area contributed by atoms with Crippen molar-refractivity contribution in [3.8, 4) is 0 Å². The molecule has 0 bridgehead atoms. The van der Waals surface area contributed by atoms with Gasteiger partial charge in [-0.05, 0) is 13.3 Å². The van der Waals surface area contributed by atoms with Gasteiger partial charge in [-0.15, -0.1) is 0 Å². The van der Waals surface area contributed by atoms with E-state index < -0.39 is 0 Å². The lowest BCUT2D eigenvalue weighted by molar-refractivity contribution is 0.147. The van der Waals surface area contributed by atoms with Crippen LogP contribution in [0.3, 0.4) is 0 Å². The fourth-order valence-corrected chi connectivity index (χ4v) is 0.372. The second-order valence-electron chi connectivity index (χ2n) is 1.83. The molecule has 0 aliphatic rings. The first kappa shape index (κ1) is 6.92. The van der Waals surface area contributed by atoms with Gasteiger partial charge in [-0.3, -0.25) is 0 Å². The van der Waals surface area contributed by atoms with Crippen LogP contribution in [0, 0.1) is 0 Å². The monoisotopic (exact) mass is 103 g/mol. The molecule has 0 amide bonds. The lowest BCUT2D eigenvalue weighted by Crippen LogP contribution is -2.30. The molecular formula is C5H13NO. The smallest absolute Gasteiger partial charge is 0.0685 e. The van der Waals surface area contributed by atoms with Crippen molar-refractivity contribution in [2.24, 2.45) is 5.73 Å². The van der Waals surface area contributed by atoms with Crippen LogP contribution in [0.4, 0.5) is 0 Å². The molecule has 2 unspecified atom stereocenters. The molecule has 3 N–H and O–H groups in total. The van der Waals surface area contributed by atoms with Gasteiger partial charge in [-0.25, -0.2) is 0 Å². The van der Waals surface area contributed by atoms with Crippen LogP contribution in [0.25, 0.3) is 0 Å². The molecule has 0 aliphatic heterocycles. The van der Waals surface area contributed by atoms with Crippen molar-refractivity contribution in [2.75, 3.05) is 0 Å². The molecule has 0 heterocycles. The highest BCUT2D eigenvalue weighted by Gasteiger charge is 2.03. The topological polar surface area (TPSA) is 46.2 Å². The lowest BCUT2D eigenvalue weighted by Gasteiger charge is -2.09. The quantitative estimate of drug-likeness (QED) is 0.521. The average Bonchev–Trinajstić information content (AvgIpc) is 1.65. The normalized spacial score (nSPS) is 18.9. The maximum atomic E-state index is 8.81. The van der Waals surface area contributed by atoms with Gasteiger partial charge in [0.2, 0.25) is 0 Å². The van der Waals surface area contributed by atoms with E-state index in [0.29, 0.717) is 0 Å². The molecule has 0 aliphatic carbocycles. The zero-order valence-corrected chi connectivity index (χ0v) is 4.89. The summed E-state index contributed by atoms with van der Waals surface area (Å²) >= 11 is 0. The van der Waals surface area contributed by atoms with Crippen LogP contribution in [-0.4, -0.2) is 17.3 Å². The van der Waals surface area contributed by atoms with Gasteiger partial charge in [0.25, 0.3) is 0 Å². The zero-order chi connectivity index (χ0) is 5.86. The van der Waals surface area contributed by atoms with Crippen LogP contribution in [0.5, 0.6) is 0 Å². The molecule has 0 radical (unpaired) electrons. The summed E-state index contributed by atoms with van der Waals surface area (Å²) < 4.78 is 0. The molecule has 2 atom stereocenters. The molecule has 0 spiro atoms. The minimum absolute atomic E-state index is 0.0787. The third-order valence-corrected chi connectivity index (χ3v) is 1.03. The van der Waals surface area contributed by atoms with E-state index in [9.17, 15) is 0 Å². The third-order valence-electron chi connectivity index (χ3n) is 1.03. The summed E-state index contributed by atoms with van der Waals surface area (Å²) in [6.07, 6.45) is 0.428. The standard InChI is InChI=1S/C5H13NO/c1-3-5(7)4(2)6/h4-5,7H,3,6H2,1-2H3. The van der Waals surface area contributed by atoms with Crippen molar-refractivity contribution < 1.29 is 5.11 Å². The summed E-state index contributed by atoms with van der Waals surface area (Å²) in [5, 5.41) is 8.81. The molecule has 0 aromatic carbocycles. The number of hydrogen-bond acceptors (Lipinski definition) is 2. The Morgan fingerprint density at radius 2 is 2.14 bits per heavy atom. The van der Waals surface area contributed by atoms with Crippen molar-refractivity contribution in [1.82, 2.24) is 0 Å². The maximum Gasteiger partial charge on any atom is 0.0685 e. The summed E-state index contributed by atoms with van der Waals surface area (Å²) in [4.78, 5) is 0. The predicted octanol–water partition coefficient (Wildman–Crippen LogP) is 0.104. The number of nitrogens with two attached hydrogens (primary N) is 1. The van der Waals surface area contributed by atoms with Gasteiger partial charge in [0, 0.05) is 6.04 Å². The van der Waals surface area contributed by atoms with E-state index in [0.717, 1.165) is 6.42 Å². The van der Waals surface area contributed by atoms with Crippen molar-refractivity contribution in [2.45, 2.75) is 32.4 Å². The summed E-state index contributed by atoms with van der Waals surface area (Å²) in [5.41, 5.74) is 5.30. The van der Waals surface area contributed by atoms with E-state index in [-0.39, 0.29) is 12.1 Å².